The molecule has 24 heavy (non-hydrogen) atoms. The molecule has 2 amide bonds. The van der Waals surface area contributed by atoms with Gasteiger partial charge in [0.15, 0.2) is 0 Å². The van der Waals surface area contributed by atoms with Gasteiger partial charge in [0.2, 0.25) is 11.8 Å². The summed E-state index contributed by atoms with van der Waals surface area (Å²) in [5.41, 5.74) is 2.15. The van der Waals surface area contributed by atoms with Crippen LogP contribution in [0.4, 0.5) is 0 Å². The molecule has 3 rings (SSSR count). The van der Waals surface area contributed by atoms with Gasteiger partial charge in [-0.2, -0.15) is 0 Å². The first kappa shape index (κ1) is 16.4. The maximum atomic E-state index is 12.4. The maximum Gasteiger partial charge on any atom is 0.243 e. The van der Waals surface area contributed by atoms with Crippen molar-refractivity contribution in [1.29, 1.82) is 0 Å². The second-order valence-corrected chi connectivity index (χ2v) is 6.14. The monoisotopic (exact) mass is 322 g/mol. The Labute approximate surface area is 142 Å². The molecule has 1 heterocycles. The molecule has 0 spiro atoms. The molecule has 1 aliphatic rings. The maximum absolute atomic E-state index is 12.4. The standard InChI is InChI=1S/C20H22N2O2/c23-19(22-20(24)18-12-7-13-21-18)14-17(15-8-3-1-4-9-15)16-10-5-2-6-11-16/h1-6,8-11,17-18,21H,7,12-14H2,(H,22,23,24). The van der Waals surface area contributed by atoms with Gasteiger partial charge in [-0.3, -0.25) is 14.9 Å². The van der Waals surface area contributed by atoms with Gasteiger partial charge in [-0.1, -0.05) is 60.7 Å². The lowest BCUT2D eigenvalue weighted by molar-refractivity contribution is -0.131. The van der Waals surface area contributed by atoms with Crippen molar-refractivity contribution in [3.63, 3.8) is 0 Å². The van der Waals surface area contributed by atoms with Crippen molar-refractivity contribution in [2.45, 2.75) is 31.2 Å². The fraction of sp³-hybridized carbons (Fsp3) is 0.300. The summed E-state index contributed by atoms with van der Waals surface area (Å²) in [6, 6.07) is 19.6. The summed E-state index contributed by atoms with van der Waals surface area (Å²) in [4.78, 5) is 24.5. The SMILES string of the molecule is O=C(CC(c1ccccc1)c1ccccc1)NC(=O)C1CCCN1. The Morgan fingerprint density at radius 2 is 1.58 bits per heavy atom. The number of amides is 2. The molecular formula is C20H22N2O2. The van der Waals surface area contributed by atoms with Crippen LogP contribution >= 0.6 is 0 Å². The Morgan fingerprint density at radius 3 is 2.08 bits per heavy atom. The number of hydrogen-bond donors (Lipinski definition) is 2. The molecule has 0 radical (unpaired) electrons. The lowest BCUT2D eigenvalue weighted by Gasteiger charge is -2.18. The van der Waals surface area contributed by atoms with Gasteiger partial charge in [0.1, 0.15) is 0 Å². The highest BCUT2D eigenvalue weighted by molar-refractivity contribution is 5.98. The molecule has 2 N–H and O–H groups in total. The quantitative estimate of drug-likeness (QED) is 0.889. The van der Waals surface area contributed by atoms with Crippen molar-refractivity contribution in [2.75, 3.05) is 6.54 Å². The van der Waals surface area contributed by atoms with Crippen LogP contribution in [0.5, 0.6) is 0 Å². The average Bonchev–Trinajstić information content (AvgIpc) is 3.16. The summed E-state index contributed by atoms with van der Waals surface area (Å²) in [5.74, 6) is -0.500. The smallest absolute Gasteiger partial charge is 0.243 e. The highest BCUT2D eigenvalue weighted by atomic mass is 16.2. The van der Waals surface area contributed by atoms with E-state index in [-0.39, 0.29) is 30.2 Å². The lowest BCUT2D eigenvalue weighted by atomic mass is 9.88. The molecule has 0 saturated carbocycles. The normalized spacial score (nSPS) is 17.0. The van der Waals surface area contributed by atoms with E-state index in [1.54, 1.807) is 0 Å². The molecule has 1 atom stereocenters. The van der Waals surface area contributed by atoms with Crippen LogP contribution in [0.25, 0.3) is 0 Å². The summed E-state index contributed by atoms with van der Waals surface area (Å²) in [5, 5.41) is 5.67. The van der Waals surface area contributed by atoms with Crippen molar-refractivity contribution >= 4 is 11.8 Å². The van der Waals surface area contributed by atoms with Gasteiger partial charge in [-0.05, 0) is 30.5 Å². The summed E-state index contributed by atoms with van der Waals surface area (Å²) < 4.78 is 0. The Hall–Kier alpha value is -2.46. The van der Waals surface area contributed by atoms with Gasteiger partial charge in [-0.25, -0.2) is 0 Å². The minimum atomic E-state index is -0.235. The highest BCUT2D eigenvalue weighted by Gasteiger charge is 2.25. The Bertz CT molecular complexity index is 640. The molecule has 1 fully saturated rings. The number of hydrogen-bond acceptors (Lipinski definition) is 3. The van der Waals surface area contributed by atoms with Crippen LogP contribution in [0.1, 0.15) is 36.3 Å². The zero-order valence-electron chi connectivity index (χ0n) is 13.6. The summed E-state index contributed by atoms with van der Waals surface area (Å²) in [6.45, 7) is 0.836. The lowest BCUT2D eigenvalue weighted by Crippen LogP contribution is -2.43. The van der Waals surface area contributed by atoms with Gasteiger partial charge >= 0.3 is 0 Å². The first-order valence-corrected chi connectivity index (χ1v) is 8.41. The number of imide groups is 1. The fourth-order valence-corrected chi connectivity index (χ4v) is 3.17. The predicted octanol–water partition coefficient (Wildman–Crippen LogP) is 2.60. The van der Waals surface area contributed by atoms with Crippen molar-refractivity contribution < 1.29 is 9.59 Å². The van der Waals surface area contributed by atoms with E-state index in [2.05, 4.69) is 10.6 Å². The molecular weight excluding hydrogens is 300 g/mol. The minimum Gasteiger partial charge on any atom is -0.306 e. The Balaban J connectivity index is 1.72. The van der Waals surface area contributed by atoms with Crippen LogP contribution in [-0.2, 0) is 9.59 Å². The van der Waals surface area contributed by atoms with E-state index in [1.165, 1.54) is 0 Å². The van der Waals surface area contributed by atoms with Crippen LogP contribution < -0.4 is 10.6 Å². The topological polar surface area (TPSA) is 58.2 Å². The summed E-state index contributed by atoms with van der Waals surface area (Å²) in [7, 11) is 0. The van der Waals surface area contributed by atoms with E-state index in [9.17, 15) is 9.59 Å². The molecule has 0 aromatic heterocycles. The number of nitrogens with one attached hydrogen (secondary N) is 2. The molecule has 1 aliphatic heterocycles. The van der Waals surface area contributed by atoms with E-state index >= 15 is 0 Å². The minimum absolute atomic E-state index is 0.0586. The molecule has 0 bridgehead atoms. The van der Waals surface area contributed by atoms with Gasteiger partial charge < -0.3 is 5.32 Å². The van der Waals surface area contributed by atoms with Crippen LogP contribution in [-0.4, -0.2) is 24.4 Å². The third kappa shape index (κ3) is 4.09. The first-order valence-electron chi connectivity index (χ1n) is 8.41. The van der Waals surface area contributed by atoms with Crippen molar-refractivity contribution in [3.8, 4) is 0 Å². The largest absolute Gasteiger partial charge is 0.306 e. The molecule has 0 aliphatic carbocycles. The molecule has 124 valence electrons. The molecule has 2 aromatic rings. The number of rotatable bonds is 5. The molecule has 1 unspecified atom stereocenters. The Morgan fingerprint density at radius 1 is 1.00 bits per heavy atom. The highest BCUT2D eigenvalue weighted by Crippen LogP contribution is 2.27. The van der Waals surface area contributed by atoms with Crippen molar-refractivity contribution in [1.82, 2.24) is 10.6 Å². The van der Waals surface area contributed by atoms with Gasteiger partial charge in [0.25, 0.3) is 0 Å². The molecule has 4 heteroatoms. The molecule has 1 saturated heterocycles. The third-order valence-electron chi connectivity index (χ3n) is 4.43. The van der Waals surface area contributed by atoms with Crippen LogP contribution in [0.2, 0.25) is 0 Å². The summed E-state index contributed by atoms with van der Waals surface area (Å²) >= 11 is 0. The first-order chi connectivity index (χ1) is 11.7. The van der Waals surface area contributed by atoms with Gasteiger partial charge in [0, 0.05) is 12.3 Å². The van der Waals surface area contributed by atoms with E-state index in [0.29, 0.717) is 0 Å². The average molecular weight is 322 g/mol. The van der Waals surface area contributed by atoms with E-state index in [1.807, 2.05) is 60.7 Å². The van der Waals surface area contributed by atoms with E-state index in [0.717, 1.165) is 30.5 Å². The Kier molecular flexibility index (Phi) is 5.39. The van der Waals surface area contributed by atoms with E-state index < -0.39 is 0 Å². The fourth-order valence-electron chi connectivity index (χ4n) is 3.17. The number of carbonyl (C=O) groups excluding carboxylic acids is 2. The molecule has 4 nitrogen and oxygen atoms in total. The van der Waals surface area contributed by atoms with Gasteiger partial charge in [0.05, 0.1) is 6.04 Å². The van der Waals surface area contributed by atoms with Crippen LogP contribution in [0, 0.1) is 0 Å². The second kappa shape index (κ2) is 7.88. The predicted molar refractivity (Wildman–Crippen MR) is 93.5 cm³/mol. The number of carbonyl (C=O) groups is 2. The van der Waals surface area contributed by atoms with Crippen molar-refractivity contribution in [2.24, 2.45) is 0 Å². The van der Waals surface area contributed by atoms with Gasteiger partial charge in [-0.15, -0.1) is 0 Å². The van der Waals surface area contributed by atoms with Crippen LogP contribution in [0.15, 0.2) is 60.7 Å². The zero-order chi connectivity index (χ0) is 16.8. The molecule has 2 aromatic carbocycles. The van der Waals surface area contributed by atoms with E-state index in [4.69, 9.17) is 0 Å². The van der Waals surface area contributed by atoms with Crippen LogP contribution in [0.3, 0.4) is 0 Å². The number of benzene rings is 2. The third-order valence-corrected chi connectivity index (χ3v) is 4.43. The summed E-state index contributed by atoms with van der Waals surface area (Å²) in [6.07, 6.45) is 2.02. The zero-order valence-corrected chi connectivity index (χ0v) is 13.6. The van der Waals surface area contributed by atoms with Crippen molar-refractivity contribution in [3.05, 3.63) is 71.8 Å². The second-order valence-electron chi connectivity index (χ2n) is 6.14.